The number of carbonyl (C=O) groups is 1. The first kappa shape index (κ1) is 13.4. The SMILES string of the molecule is O=C(CNCc1ccncc1)NCC(F)(F)F. The summed E-state index contributed by atoms with van der Waals surface area (Å²) in [6, 6.07) is 3.50. The molecule has 1 rings (SSSR count). The zero-order valence-electron chi connectivity index (χ0n) is 8.92. The highest BCUT2D eigenvalue weighted by atomic mass is 19.4. The van der Waals surface area contributed by atoms with E-state index in [-0.39, 0.29) is 6.54 Å². The Morgan fingerprint density at radius 1 is 1.29 bits per heavy atom. The van der Waals surface area contributed by atoms with E-state index in [1.807, 2.05) is 0 Å². The van der Waals surface area contributed by atoms with Gasteiger partial charge in [-0.3, -0.25) is 9.78 Å². The van der Waals surface area contributed by atoms with Gasteiger partial charge in [0.1, 0.15) is 6.54 Å². The van der Waals surface area contributed by atoms with E-state index in [9.17, 15) is 18.0 Å². The summed E-state index contributed by atoms with van der Waals surface area (Å²) < 4.78 is 35.3. The summed E-state index contributed by atoms with van der Waals surface area (Å²) in [5.74, 6) is -0.684. The summed E-state index contributed by atoms with van der Waals surface area (Å²) in [7, 11) is 0. The zero-order valence-corrected chi connectivity index (χ0v) is 8.92. The third kappa shape index (κ3) is 6.52. The van der Waals surface area contributed by atoms with Crippen LogP contribution in [0.15, 0.2) is 24.5 Å². The van der Waals surface area contributed by atoms with E-state index < -0.39 is 18.6 Å². The van der Waals surface area contributed by atoms with Crippen molar-refractivity contribution in [3.63, 3.8) is 0 Å². The van der Waals surface area contributed by atoms with Crippen LogP contribution in [0.3, 0.4) is 0 Å². The molecule has 4 nitrogen and oxygen atoms in total. The predicted octanol–water partition coefficient (Wildman–Crippen LogP) is 0.850. The number of hydrogen-bond donors (Lipinski definition) is 2. The lowest BCUT2D eigenvalue weighted by atomic mass is 10.3. The Kier molecular flexibility index (Phi) is 4.89. The Balaban J connectivity index is 2.17. The highest BCUT2D eigenvalue weighted by Gasteiger charge is 2.27. The fraction of sp³-hybridized carbons (Fsp3) is 0.400. The lowest BCUT2D eigenvalue weighted by molar-refractivity contribution is -0.137. The van der Waals surface area contributed by atoms with Crippen LogP contribution >= 0.6 is 0 Å². The molecular weight excluding hydrogens is 235 g/mol. The lowest BCUT2D eigenvalue weighted by Crippen LogP contribution is -2.39. The second kappa shape index (κ2) is 6.19. The molecule has 1 aromatic rings. The number of amides is 1. The van der Waals surface area contributed by atoms with E-state index in [2.05, 4.69) is 10.3 Å². The minimum atomic E-state index is -4.37. The second-order valence-electron chi connectivity index (χ2n) is 3.35. The Morgan fingerprint density at radius 2 is 1.94 bits per heavy atom. The van der Waals surface area contributed by atoms with Crippen molar-refractivity contribution in [1.29, 1.82) is 0 Å². The summed E-state index contributed by atoms with van der Waals surface area (Å²) in [5, 5.41) is 4.50. The maximum Gasteiger partial charge on any atom is 0.405 e. The van der Waals surface area contributed by atoms with Gasteiger partial charge in [0.2, 0.25) is 5.91 Å². The van der Waals surface area contributed by atoms with Gasteiger partial charge in [-0.1, -0.05) is 0 Å². The normalized spacial score (nSPS) is 11.2. The van der Waals surface area contributed by atoms with Crippen LogP contribution < -0.4 is 10.6 Å². The molecule has 0 aliphatic rings. The quantitative estimate of drug-likeness (QED) is 0.811. The van der Waals surface area contributed by atoms with Crippen molar-refractivity contribution in [2.24, 2.45) is 0 Å². The molecule has 0 unspecified atom stereocenters. The van der Waals surface area contributed by atoms with Crippen molar-refractivity contribution >= 4 is 5.91 Å². The molecule has 0 aliphatic heterocycles. The Morgan fingerprint density at radius 3 is 2.53 bits per heavy atom. The monoisotopic (exact) mass is 247 g/mol. The third-order valence-corrected chi connectivity index (χ3v) is 1.85. The highest BCUT2D eigenvalue weighted by molar-refractivity contribution is 5.77. The maximum absolute atomic E-state index is 11.8. The largest absolute Gasteiger partial charge is 0.405 e. The number of nitrogens with zero attached hydrogens (tertiary/aromatic N) is 1. The average Bonchev–Trinajstić information content (AvgIpc) is 2.27. The summed E-state index contributed by atoms with van der Waals surface area (Å²) in [4.78, 5) is 14.8. The molecule has 0 aromatic carbocycles. The molecule has 0 aliphatic carbocycles. The molecule has 17 heavy (non-hydrogen) atoms. The van der Waals surface area contributed by atoms with E-state index in [1.165, 1.54) is 0 Å². The third-order valence-electron chi connectivity index (χ3n) is 1.85. The van der Waals surface area contributed by atoms with Gasteiger partial charge in [-0.15, -0.1) is 0 Å². The van der Waals surface area contributed by atoms with Gasteiger partial charge in [-0.25, -0.2) is 0 Å². The summed E-state index contributed by atoms with van der Waals surface area (Å²) >= 11 is 0. The number of nitrogens with one attached hydrogen (secondary N) is 2. The molecule has 1 heterocycles. The Labute approximate surface area is 96.2 Å². The first-order valence-corrected chi connectivity index (χ1v) is 4.90. The Bertz CT molecular complexity index is 354. The first-order valence-electron chi connectivity index (χ1n) is 4.90. The van der Waals surface area contributed by atoms with Crippen molar-refractivity contribution in [3.8, 4) is 0 Å². The van der Waals surface area contributed by atoms with Gasteiger partial charge in [0, 0.05) is 18.9 Å². The van der Waals surface area contributed by atoms with E-state index in [0.717, 1.165) is 5.56 Å². The van der Waals surface area contributed by atoms with E-state index >= 15 is 0 Å². The van der Waals surface area contributed by atoms with Gasteiger partial charge >= 0.3 is 6.18 Å². The van der Waals surface area contributed by atoms with Crippen molar-refractivity contribution in [2.45, 2.75) is 12.7 Å². The molecule has 0 saturated carbocycles. The Hall–Kier alpha value is -1.63. The number of halogens is 3. The molecular formula is C10H12F3N3O. The first-order chi connectivity index (χ1) is 7.97. The van der Waals surface area contributed by atoms with Crippen LogP contribution in [-0.4, -0.2) is 30.2 Å². The molecule has 0 saturated heterocycles. The van der Waals surface area contributed by atoms with Crippen LogP contribution in [0.1, 0.15) is 5.56 Å². The molecule has 0 spiro atoms. The fourth-order valence-electron chi connectivity index (χ4n) is 1.08. The molecule has 94 valence electrons. The van der Waals surface area contributed by atoms with Crippen LogP contribution in [0.5, 0.6) is 0 Å². The fourth-order valence-corrected chi connectivity index (χ4v) is 1.08. The number of alkyl halides is 3. The standard InChI is InChI=1S/C10H12F3N3O/c11-10(12,13)7-16-9(17)6-15-5-8-1-3-14-4-2-8/h1-4,15H,5-7H2,(H,16,17). The van der Waals surface area contributed by atoms with E-state index in [1.54, 1.807) is 29.8 Å². The number of pyridine rings is 1. The van der Waals surface area contributed by atoms with Gasteiger partial charge in [-0.05, 0) is 17.7 Å². The number of rotatable bonds is 5. The zero-order chi connectivity index (χ0) is 12.7. The molecule has 7 heteroatoms. The maximum atomic E-state index is 11.8. The number of carbonyl (C=O) groups excluding carboxylic acids is 1. The van der Waals surface area contributed by atoms with Crippen LogP contribution in [0.4, 0.5) is 13.2 Å². The van der Waals surface area contributed by atoms with Crippen molar-refractivity contribution in [1.82, 2.24) is 15.6 Å². The van der Waals surface area contributed by atoms with Crippen LogP contribution in [0.2, 0.25) is 0 Å². The minimum absolute atomic E-state index is 0.154. The highest BCUT2D eigenvalue weighted by Crippen LogP contribution is 2.11. The molecule has 0 radical (unpaired) electrons. The smallest absolute Gasteiger partial charge is 0.346 e. The number of aromatic nitrogens is 1. The molecule has 1 aromatic heterocycles. The van der Waals surface area contributed by atoms with Crippen molar-refractivity contribution in [3.05, 3.63) is 30.1 Å². The van der Waals surface area contributed by atoms with E-state index in [0.29, 0.717) is 6.54 Å². The van der Waals surface area contributed by atoms with Gasteiger partial charge in [0.15, 0.2) is 0 Å². The van der Waals surface area contributed by atoms with Crippen LogP contribution in [0, 0.1) is 0 Å². The summed E-state index contributed by atoms with van der Waals surface area (Å²) in [6.45, 7) is -1.05. The minimum Gasteiger partial charge on any atom is -0.346 e. The number of hydrogen-bond acceptors (Lipinski definition) is 3. The average molecular weight is 247 g/mol. The summed E-state index contributed by atoms with van der Waals surface area (Å²) in [6.07, 6.45) is -1.18. The van der Waals surface area contributed by atoms with Crippen LogP contribution in [-0.2, 0) is 11.3 Å². The second-order valence-corrected chi connectivity index (χ2v) is 3.35. The van der Waals surface area contributed by atoms with Crippen molar-refractivity contribution < 1.29 is 18.0 Å². The van der Waals surface area contributed by atoms with E-state index in [4.69, 9.17) is 0 Å². The van der Waals surface area contributed by atoms with Gasteiger partial charge in [-0.2, -0.15) is 13.2 Å². The lowest BCUT2D eigenvalue weighted by Gasteiger charge is -2.08. The van der Waals surface area contributed by atoms with Gasteiger partial charge in [0.25, 0.3) is 0 Å². The van der Waals surface area contributed by atoms with Gasteiger partial charge < -0.3 is 10.6 Å². The van der Waals surface area contributed by atoms with Crippen LogP contribution in [0.25, 0.3) is 0 Å². The summed E-state index contributed by atoms with van der Waals surface area (Å²) in [5.41, 5.74) is 0.906. The molecule has 1 amide bonds. The molecule has 2 N–H and O–H groups in total. The predicted molar refractivity (Wildman–Crippen MR) is 55.0 cm³/mol. The van der Waals surface area contributed by atoms with Gasteiger partial charge in [0.05, 0.1) is 6.54 Å². The topological polar surface area (TPSA) is 54.0 Å². The van der Waals surface area contributed by atoms with Crippen molar-refractivity contribution in [2.75, 3.05) is 13.1 Å². The molecule has 0 atom stereocenters. The molecule has 0 fully saturated rings. The molecule has 0 bridgehead atoms.